The summed E-state index contributed by atoms with van der Waals surface area (Å²) in [5.74, 6) is 0. The van der Waals surface area contributed by atoms with Crippen molar-refractivity contribution < 1.29 is 4.74 Å². The molecular weight excluding hydrogens is 186 g/mol. The summed E-state index contributed by atoms with van der Waals surface area (Å²) in [4.78, 5) is 0. The highest BCUT2D eigenvalue weighted by atomic mass is 16.5. The van der Waals surface area contributed by atoms with Crippen LogP contribution in [-0.2, 0) is 4.74 Å². The highest BCUT2D eigenvalue weighted by molar-refractivity contribution is 4.45. The SMILES string of the molecule is CCCCCCCOCCCCNCC. The summed E-state index contributed by atoms with van der Waals surface area (Å²) in [5, 5.41) is 3.32. The van der Waals surface area contributed by atoms with Gasteiger partial charge in [-0.3, -0.25) is 0 Å². The Morgan fingerprint density at radius 1 is 0.800 bits per heavy atom. The van der Waals surface area contributed by atoms with Crippen LogP contribution in [0, 0.1) is 0 Å². The molecule has 0 fully saturated rings. The van der Waals surface area contributed by atoms with Gasteiger partial charge in [-0.1, -0.05) is 39.5 Å². The first kappa shape index (κ1) is 14.9. The Kier molecular flexibility index (Phi) is 13.8. The average molecular weight is 215 g/mol. The lowest BCUT2D eigenvalue weighted by molar-refractivity contribution is 0.126. The van der Waals surface area contributed by atoms with Crippen molar-refractivity contribution in [2.24, 2.45) is 0 Å². The Balaban J connectivity index is 2.81. The summed E-state index contributed by atoms with van der Waals surface area (Å²) in [6, 6.07) is 0. The van der Waals surface area contributed by atoms with Gasteiger partial charge in [-0.2, -0.15) is 0 Å². The second kappa shape index (κ2) is 13.9. The molecule has 1 N–H and O–H groups in total. The van der Waals surface area contributed by atoms with E-state index in [1.54, 1.807) is 0 Å². The van der Waals surface area contributed by atoms with Gasteiger partial charge in [-0.05, 0) is 32.4 Å². The van der Waals surface area contributed by atoms with Crippen molar-refractivity contribution in [3.05, 3.63) is 0 Å². The summed E-state index contributed by atoms with van der Waals surface area (Å²) in [6.07, 6.45) is 9.10. The van der Waals surface area contributed by atoms with Gasteiger partial charge < -0.3 is 10.1 Å². The predicted octanol–water partition coefficient (Wildman–Crippen LogP) is 3.36. The van der Waals surface area contributed by atoms with E-state index >= 15 is 0 Å². The zero-order valence-electron chi connectivity index (χ0n) is 10.7. The fourth-order valence-corrected chi connectivity index (χ4v) is 1.54. The summed E-state index contributed by atoms with van der Waals surface area (Å²) in [7, 11) is 0. The van der Waals surface area contributed by atoms with Crippen molar-refractivity contribution in [3.63, 3.8) is 0 Å². The summed E-state index contributed by atoms with van der Waals surface area (Å²) in [5.41, 5.74) is 0. The van der Waals surface area contributed by atoms with Gasteiger partial charge in [0.25, 0.3) is 0 Å². The van der Waals surface area contributed by atoms with Crippen LogP contribution >= 0.6 is 0 Å². The number of ether oxygens (including phenoxy) is 1. The van der Waals surface area contributed by atoms with E-state index in [2.05, 4.69) is 19.2 Å². The largest absolute Gasteiger partial charge is 0.381 e. The molecule has 2 heteroatoms. The quantitative estimate of drug-likeness (QED) is 0.504. The van der Waals surface area contributed by atoms with E-state index in [1.807, 2.05) is 0 Å². The monoisotopic (exact) mass is 215 g/mol. The zero-order valence-corrected chi connectivity index (χ0v) is 10.7. The molecule has 15 heavy (non-hydrogen) atoms. The molecule has 2 nitrogen and oxygen atoms in total. The second-order valence-corrected chi connectivity index (χ2v) is 4.09. The molecule has 0 amide bonds. The molecule has 0 heterocycles. The fraction of sp³-hybridized carbons (Fsp3) is 1.00. The predicted molar refractivity (Wildman–Crippen MR) is 67.4 cm³/mol. The van der Waals surface area contributed by atoms with Crippen LogP contribution in [0.5, 0.6) is 0 Å². The normalized spacial score (nSPS) is 10.8. The van der Waals surface area contributed by atoms with Crippen LogP contribution in [-0.4, -0.2) is 26.3 Å². The lowest BCUT2D eigenvalue weighted by Crippen LogP contribution is -2.14. The molecule has 0 saturated heterocycles. The maximum absolute atomic E-state index is 5.57. The standard InChI is InChI=1S/C13H29NO/c1-3-5-6-7-9-12-15-13-10-8-11-14-4-2/h14H,3-13H2,1-2H3. The van der Waals surface area contributed by atoms with E-state index in [9.17, 15) is 0 Å². The lowest BCUT2D eigenvalue weighted by atomic mass is 10.2. The van der Waals surface area contributed by atoms with E-state index in [4.69, 9.17) is 4.74 Å². The minimum absolute atomic E-state index is 0.944. The molecule has 0 unspecified atom stereocenters. The van der Waals surface area contributed by atoms with Gasteiger partial charge in [0.05, 0.1) is 0 Å². The van der Waals surface area contributed by atoms with Crippen molar-refractivity contribution in [3.8, 4) is 0 Å². The Morgan fingerprint density at radius 2 is 1.47 bits per heavy atom. The Bertz CT molecular complexity index is 94.7. The first-order valence-corrected chi connectivity index (χ1v) is 6.70. The van der Waals surface area contributed by atoms with E-state index in [0.717, 1.165) is 26.3 Å². The lowest BCUT2D eigenvalue weighted by Gasteiger charge is -2.04. The maximum Gasteiger partial charge on any atom is 0.0466 e. The first-order chi connectivity index (χ1) is 7.41. The summed E-state index contributed by atoms with van der Waals surface area (Å²) >= 11 is 0. The van der Waals surface area contributed by atoms with Crippen molar-refractivity contribution >= 4 is 0 Å². The van der Waals surface area contributed by atoms with Crippen LogP contribution in [0.15, 0.2) is 0 Å². The molecule has 0 aromatic rings. The Morgan fingerprint density at radius 3 is 2.13 bits per heavy atom. The molecular formula is C13H29NO. The molecule has 0 radical (unpaired) electrons. The molecule has 0 bridgehead atoms. The van der Waals surface area contributed by atoms with Gasteiger partial charge in [0.1, 0.15) is 0 Å². The van der Waals surface area contributed by atoms with Crippen molar-refractivity contribution in [2.75, 3.05) is 26.3 Å². The van der Waals surface area contributed by atoms with E-state index in [-0.39, 0.29) is 0 Å². The van der Waals surface area contributed by atoms with Crippen LogP contribution in [0.25, 0.3) is 0 Å². The van der Waals surface area contributed by atoms with Gasteiger partial charge in [0.2, 0.25) is 0 Å². The third-order valence-electron chi connectivity index (χ3n) is 2.53. The topological polar surface area (TPSA) is 21.3 Å². The van der Waals surface area contributed by atoms with Gasteiger partial charge in [0.15, 0.2) is 0 Å². The highest BCUT2D eigenvalue weighted by Crippen LogP contribution is 2.02. The van der Waals surface area contributed by atoms with Crippen LogP contribution in [0.1, 0.15) is 58.8 Å². The average Bonchev–Trinajstić information content (AvgIpc) is 2.26. The highest BCUT2D eigenvalue weighted by Gasteiger charge is 1.91. The number of rotatable bonds is 12. The number of hydrogen-bond acceptors (Lipinski definition) is 2. The molecule has 0 aliphatic heterocycles. The van der Waals surface area contributed by atoms with E-state index in [0.29, 0.717) is 0 Å². The summed E-state index contributed by atoms with van der Waals surface area (Å²) < 4.78 is 5.57. The number of hydrogen-bond donors (Lipinski definition) is 1. The molecule has 0 aliphatic rings. The molecule has 0 saturated carbocycles. The molecule has 0 aromatic carbocycles. The Hall–Kier alpha value is -0.0800. The van der Waals surface area contributed by atoms with E-state index in [1.165, 1.54) is 44.9 Å². The summed E-state index contributed by atoms with van der Waals surface area (Å²) in [6.45, 7) is 8.52. The number of unbranched alkanes of at least 4 members (excludes halogenated alkanes) is 5. The molecule has 0 aromatic heterocycles. The van der Waals surface area contributed by atoms with Crippen molar-refractivity contribution in [1.82, 2.24) is 5.32 Å². The molecule has 92 valence electrons. The van der Waals surface area contributed by atoms with Crippen LogP contribution in [0.2, 0.25) is 0 Å². The number of nitrogens with one attached hydrogen (secondary N) is 1. The van der Waals surface area contributed by atoms with E-state index < -0.39 is 0 Å². The zero-order chi connectivity index (χ0) is 11.2. The Labute approximate surface area is 95.8 Å². The molecule has 0 rings (SSSR count). The smallest absolute Gasteiger partial charge is 0.0466 e. The first-order valence-electron chi connectivity index (χ1n) is 6.70. The van der Waals surface area contributed by atoms with Gasteiger partial charge in [0, 0.05) is 13.2 Å². The second-order valence-electron chi connectivity index (χ2n) is 4.09. The maximum atomic E-state index is 5.57. The van der Waals surface area contributed by atoms with Crippen LogP contribution in [0.3, 0.4) is 0 Å². The fourth-order valence-electron chi connectivity index (χ4n) is 1.54. The third kappa shape index (κ3) is 13.9. The van der Waals surface area contributed by atoms with Crippen LogP contribution < -0.4 is 5.32 Å². The molecule has 0 atom stereocenters. The van der Waals surface area contributed by atoms with Crippen molar-refractivity contribution in [1.29, 1.82) is 0 Å². The molecule has 0 aliphatic carbocycles. The van der Waals surface area contributed by atoms with Crippen molar-refractivity contribution in [2.45, 2.75) is 58.8 Å². The van der Waals surface area contributed by atoms with Gasteiger partial charge >= 0.3 is 0 Å². The minimum atomic E-state index is 0.944. The molecule has 0 spiro atoms. The minimum Gasteiger partial charge on any atom is -0.381 e. The third-order valence-corrected chi connectivity index (χ3v) is 2.53. The van der Waals surface area contributed by atoms with Gasteiger partial charge in [-0.25, -0.2) is 0 Å². The van der Waals surface area contributed by atoms with Gasteiger partial charge in [-0.15, -0.1) is 0 Å². The van der Waals surface area contributed by atoms with Crippen LogP contribution in [0.4, 0.5) is 0 Å².